The number of nitrogens with one attached hydrogen (secondary N) is 1. The van der Waals surface area contributed by atoms with E-state index >= 15 is 0 Å². The number of nitrogens with two attached hydrogens (primary N) is 1. The van der Waals surface area contributed by atoms with Gasteiger partial charge in [-0.25, -0.2) is 9.97 Å². The number of rotatable bonds is 4. The molecule has 3 N–H and O–H groups in total. The lowest BCUT2D eigenvalue weighted by Gasteiger charge is -2.00. The van der Waals surface area contributed by atoms with E-state index in [1.165, 1.54) is 23.7 Å². The zero-order chi connectivity index (χ0) is 12.3. The van der Waals surface area contributed by atoms with Gasteiger partial charge in [-0.2, -0.15) is 0 Å². The summed E-state index contributed by atoms with van der Waals surface area (Å²) in [5, 5.41) is 4.13. The minimum atomic E-state index is -0.125. The first-order valence-corrected chi connectivity index (χ1v) is 5.96. The summed E-state index contributed by atoms with van der Waals surface area (Å²) in [5.41, 5.74) is 5.26. The van der Waals surface area contributed by atoms with E-state index in [-0.39, 0.29) is 12.3 Å². The molecule has 0 unspecified atom stereocenters. The molecular formula is C10H9ClN4OS. The smallest absolute Gasteiger partial charge is 0.188 e. The molecule has 2 aromatic rings. The fourth-order valence-electron chi connectivity index (χ4n) is 1.12. The Labute approximate surface area is 107 Å². The first kappa shape index (κ1) is 12.0. The summed E-state index contributed by atoms with van der Waals surface area (Å²) in [6.45, 7) is -0.0131. The van der Waals surface area contributed by atoms with Crippen molar-refractivity contribution in [1.29, 1.82) is 0 Å². The van der Waals surface area contributed by atoms with Crippen molar-refractivity contribution in [2.24, 2.45) is 5.73 Å². The lowest BCUT2D eigenvalue weighted by molar-refractivity contribution is 0.100. The van der Waals surface area contributed by atoms with Gasteiger partial charge in [0.15, 0.2) is 10.9 Å². The van der Waals surface area contributed by atoms with Gasteiger partial charge >= 0.3 is 0 Å². The molecule has 0 aliphatic rings. The monoisotopic (exact) mass is 268 g/mol. The van der Waals surface area contributed by atoms with Crippen molar-refractivity contribution in [2.75, 3.05) is 11.9 Å². The summed E-state index contributed by atoms with van der Waals surface area (Å²) in [6.07, 6.45) is 3.03. The maximum Gasteiger partial charge on any atom is 0.188 e. The zero-order valence-electron chi connectivity index (χ0n) is 8.68. The molecule has 2 rings (SSSR count). The second-order valence-electron chi connectivity index (χ2n) is 3.14. The summed E-state index contributed by atoms with van der Waals surface area (Å²) in [4.78, 5) is 20.0. The summed E-state index contributed by atoms with van der Waals surface area (Å²) in [7, 11) is 0. The molecule has 0 bridgehead atoms. The molecule has 2 heterocycles. The fourth-order valence-corrected chi connectivity index (χ4v) is 2.00. The minimum absolute atomic E-state index is 0.0131. The predicted molar refractivity (Wildman–Crippen MR) is 68.0 cm³/mol. The van der Waals surface area contributed by atoms with Crippen LogP contribution in [0.25, 0.3) is 0 Å². The molecule has 0 fully saturated rings. The van der Waals surface area contributed by atoms with Crippen molar-refractivity contribution >= 4 is 39.7 Å². The maximum absolute atomic E-state index is 11.3. The van der Waals surface area contributed by atoms with E-state index in [1.54, 1.807) is 12.1 Å². The molecule has 0 aliphatic heterocycles. The second-order valence-corrected chi connectivity index (χ2v) is 4.61. The van der Waals surface area contributed by atoms with Crippen LogP contribution in [-0.2, 0) is 0 Å². The molecule has 0 spiro atoms. The SMILES string of the molecule is NCC(=O)c1cnc(Nc2ccc(Cl)cn2)s1. The minimum Gasteiger partial charge on any atom is -0.324 e. The zero-order valence-corrected chi connectivity index (χ0v) is 10.3. The van der Waals surface area contributed by atoms with Gasteiger partial charge in [-0.15, -0.1) is 0 Å². The van der Waals surface area contributed by atoms with E-state index in [9.17, 15) is 4.79 Å². The van der Waals surface area contributed by atoms with Crippen LogP contribution in [0.2, 0.25) is 5.02 Å². The number of ketones is 1. The molecule has 0 saturated carbocycles. The van der Waals surface area contributed by atoms with Crippen molar-refractivity contribution in [3.8, 4) is 0 Å². The first-order valence-electron chi connectivity index (χ1n) is 4.76. The molecule has 0 aliphatic carbocycles. The number of anilines is 2. The molecule has 17 heavy (non-hydrogen) atoms. The highest BCUT2D eigenvalue weighted by molar-refractivity contribution is 7.17. The second kappa shape index (κ2) is 5.22. The topological polar surface area (TPSA) is 80.9 Å². The highest BCUT2D eigenvalue weighted by Gasteiger charge is 2.08. The summed E-state index contributed by atoms with van der Waals surface area (Å²) in [5.74, 6) is 0.495. The average Bonchev–Trinajstić information content (AvgIpc) is 2.80. The van der Waals surface area contributed by atoms with E-state index in [0.717, 1.165) is 0 Å². The highest BCUT2D eigenvalue weighted by atomic mass is 35.5. The number of halogens is 1. The van der Waals surface area contributed by atoms with Crippen LogP contribution in [-0.4, -0.2) is 22.3 Å². The number of aromatic nitrogens is 2. The first-order chi connectivity index (χ1) is 8.19. The number of pyridine rings is 1. The van der Waals surface area contributed by atoms with Gasteiger partial charge < -0.3 is 11.1 Å². The Morgan fingerprint density at radius 2 is 2.24 bits per heavy atom. The maximum atomic E-state index is 11.3. The van der Waals surface area contributed by atoms with E-state index in [0.29, 0.717) is 20.8 Å². The number of hydrogen-bond acceptors (Lipinski definition) is 6. The van der Waals surface area contributed by atoms with Crippen LogP contribution in [0.5, 0.6) is 0 Å². The Kier molecular flexibility index (Phi) is 3.68. The third kappa shape index (κ3) is 3.00. The number of hydrogen-bond donors (Lipinski definition) is 2. The Morgan fingerprint density at radius 1 is 1.41 bits per heavy atom. The third-order valence-electron chi connectivity index (χ3n) is 1.93. The molecule has 7 heteroatoms. The standard InChI is InChI=1S/C10H9ClN4OS/c11-6-1-2-9(13-4-6)15-10-14-5-8(17-10)7(16)3-12/h1-2,4-5H,3,12H2,(H,13,14,15). The summed E-state index contributed by atoms with van der Waals surface area (Å²) < 4.78 is 0. The van der Waals surface area contributed by atoms with Gasteiger partial charge in [0, 0.05) is 6.20 Å². The summed E-state index contributed by atoms with van der Waals surface area (Å²) in [6, 6.07) is 3.45. The average molecular weight is 269 g/mol. The van der Waals surface area contributed by atoms with E-state index < -0.39 is 0 Å². The number of carbonyl (C=O) groups is 1. The van der Waals surface area contributed by atoms with Crippen LogP contribution in [0.3, 0.4) is 0 Å². The van der Waals surface area contributed by atoms with Crippen LogP contribution < -0.4 is 11.1 Å². The highest BCUT2D eigenvalue weighted by Crippen LogP contribution is 2.22. The molecule has 0 radical (unpaired) electrons. The van der Waals surface area contributed by atoms with Gasteiger partial charge in [0.1, 0.15) is 5.82 Å². The van der Waals surface area contributed by atoms with Crippen molar-refractivity contribution in [3.63, 3.8) is 0 Å². The van der Waals surface area contributed by atoms with Crippen LogP contribution in [0.4, 0.5) is 10.9 Å². The number of nitrogens with zero attached hydrogens (tertiary/aromatic N) is 2. The number of thiazole rings is 1. The molecule has 88 valence electrons. The number of carbonyl (C=O) groups excluding carboxylic acids is 1. The molecular weight excluding hydrogens is 260 g/mol. The third-order valence-corrected chi connectivity index (χ3v) is 3.11. The Balaban J connectivity index is 2.11. The van der Waals surface area contributed by atoms with Crippen molar-refractivity contribution in [1.82, 2.24) is 9.97 Å². The van der Waals surface area contributed by atoms with Crippen LogP contribution in [0, 0.1) is 0 Å². The Hall–Kier alpha value is -1.50. The lowest BCUT2D eigenvalue weighted by atomic mass is 10.4. The quantitative estimate of drug-likeness (QED) is 0.830. The molecule has 0 aromatic carbocycles. The molecule has 0 saturated heterocycles. The predicted octanol–water partition coefficient (Wildman–Crippen LogP) is 2.08. The van der Waals surface area contributed by atoms with Crippen LogP contribution >= 0.6 is 22.9 Å². The van der Waals surface area contributed by atoms with Gasteiger partial charge in [-0.05, 0) is 12.1 Å². The van der Waals surface area contributed by atoms with Crippen molar-refractivity contribution < 1.29 is 4.79 Å². The van der Waals surface area contributed by atoms with E-state index in [2.05, 4.69) is 15.3 Å². The summed E-state index contributed by atoms with van der Waals surface area (Å²) >= 11 is 6.96. The van der Waals surface area contributed by atoms with E-state index in [4.69, 9.17) is 17.3 Å². The fraction of sp³-hybridized carbons (Fsp3) is 0.100. The molecule has 0 atom stereocenters. The normalized spacial score (nSPS) is 10.2. The van der Waals surface area contributed by atoms with Gasteiger partial charge in [0.05, 0.1) is 22.6 Å². The Bertz CT molecular complexity index is 525. The van der Waals surface area contributed by atoms with Gasteiger partial charge in [-0.3, -0.25) is 4.79 Å². The van der Waals surface area contributed by atoms with Crippen LogP contribution in [0.15, 0.2) is 24.5 Å². The molecule has 2 aromatic heterocycles. The van der Waals surface area contributed by atoms with Crippen LogP contribution in [0.1, 0.15) is 9.67 Å². The van der Waals surface area contributed by atoms with Gasteiger partial charge in [0.2, 0.25) is 0 Å². The van der Waals surface area contributed by atoms with Gasteiger partial charge in [-0.1, -0.05) is 22.9 Å². The van der Waals surface area contributed by atoms with E-state index in [1.807, 2.05) is 0 Å². The van der Waals surface area contributed by atoms with Gasteiger partial charge in [0.25, 0.3) is 0 Å². The van der Waals surface area contributed by atoms with Crippen molar-refractivity contribution in [2.45, 2.75) is 0 Å². The Morgan fingerprint density at radius 3 is 2.88 bits per heavy atom. The lowest BCUT2D eigenvalue weighted by Crippen LogP contribution is -2.11. The largest absolute Gasteiger partial charge is 0.324 e. The number of Topliss-reactive ketones (excluding diaryl/α,β-unsaturated/α-hetero) is 1. The molecule has 0 amide bonds. The van der Waals surface area contributed by atoms with Crippen molar-refractivity contribution in [3.05, 3.63) is 34.4 Å². The molecule has 5 nitrogen and oxygen atoms in total.